The van der Waals surface area contributed by atoms with Crippen LogP contribution in [0.25, 0.3) is 0 Å². The summed E-state index contributed by atoms with van der Waals surface area (Å²) in [5, 5.41) is 15.1. The Morgan fingerprint density at radius 2 is 2.00 bits per heavy atom. The lowest BCUT2D eigenvalue weighted by atomic mass is 10.0. The zero-order valence-corrected chi connectivity index (χ0v) is 16.1. The molecule has 2 rings (SSSR count). The van der Waals surface area contributed by atoms with E-state index in [1.165, 1.54) is 16.9 Å². The van der Waals surface area contributed by atoms with Crippen LogP contribution >= 0.6 is 22.9 Å². The summed E-state index contributed by atoms with van der Waals surface area (Å²) in [5.41, 5.74) is 1.83. The highest BCUT2D eigenvalue weighted by Crippen LogP contribution is 2.21. The lowest BCUT2D eigenvalue weighted by Crippen LogP contribution is -2.25. The Morgan fingerprint density at radius 1 is 1.24 bits per heavy atom. The summed E-state index contributed by atoms with van der Waals surface area (Å²) in [5.74, 6) is 1.17. The van der Waals surface area contributed by atoms with Crippen molar-refractivity contribution in [3.63, 3.8) is 0 Å². The number of nitrogens with one attached hydrogen (secondary N) is 1. The summed E-state index contributed by atoms with van der Waals surface area (Å²) < 4.78 is 11.3. The third-order valence-corrected chi connectivity index (χ3v) is 4.77. The second-order valence-corrected chi connectivity index (χ2v) is 7.16. The maximum absolute atomic E-state index is 10.1. The number of hydrogen-bond donors (Lipinski definition) is 2. The molecule has 0 saturated heterocycles. The minimum atomic E-state index is -0.642. The van der Waals surface area contributed by atoms with Crippen molar-refractivity contribution in [3.05, 3.63) is 45.4 Å². The van der Waals surface area contributed by atoms with E-state index in [0.717, 1.165) is 12.3 Å². The van der Waals surface area contributed by atoms with Crippen LogP contribution in [0.2, 0.25) is 4.47 Å². The molecule has 25 heavy (non-hydrogen) atoms. The highest BCUT2D eigenvalue weighted by molar-refractivity contribution is 7.13. The van der Waals surface area contributed by atoms with Gasteiger partial charge in [-0.3, -0.25) is 0 Å². The van der Waals surface area contributed by atoms with Crippen LogP contribution in [0.15, 0.2) is 29.6 Å². The topological polar surface area (TPSA) is 63.6 Å². The van der Waals surface area contributed by atoms with Gasteiger partial charge in [0.25, 0.3) is 0 Å². The third-order valence-electron chi connectivity index (χ3n) is 3.77. The van der Waals surface area contributed by atoms with Gasteiger partial charge in [0.1, 0.15) is 18.5 Å². The highest BCUT2D eigenvalue weighted by Gasteiger charge is 2.12. The molecule has 2 atom stereocenters. The molecule has 0 radical (unpaired) electrons. The molecule has 7 heteroatoms. The second-order valence-electron chi connectivity index (χ2n) is 5.71. The van der Waals surface area contributed by atoms with Gasteiger partial charge in [-0.25, -0.2) is 4.98 Å². The van der Waals surface area contributed by atoms with Crippen LogP contribution in [0.5, 0.6) is 5.75 Å². The number of thiazole rings is 1. The molecule has 1 aromatic heterocycles. The zero-order valence-electron chi connectivity index (χ0n) is 14.6. The Balaban J connectivity index is 1.72. The average Bonchev–Trinajstić information content (AvgIpc) is 3.05. The largest absolute Gasteiger partial charge is 0.491 e. The van der Waals surface area contributed by atoms with E-state index in [0.29, 0.717) is 42.4 Å². The molecule has 2 aromatic rings. The number of rotatable bonds is 11. The standard InChI is InChI=1S/C18H25ClN2O3S/c1-3-23-8-9-24-15-6-4-14(5-7-15)13(2)10-20-11-17(22)16-12-25-18(19)21-16/h4-7,12-13,17,20,22H,3,8-11H2,1-2H3. The summed E-state index contributed by atoms with van der Waals surface area (Å²) in [6.45, 7) is 7.19. The fourth-order valence-electron chi connectivity index (χ4n) is 2.33. The molecular formula is C18H25ClN2O3S. The number of aromatic nitrogens is 1. The first-order chi connectivity index (χ1) is 12.1. The van der Waals surface area contributed by atoms with E-state index >= 15 is 0 Å². The normalized spacial score (nSPS) is 13.6. The molecule has 0 saturated carbocycles. The Kier molecular flexibility index (Phi) is 8.64. The number of halogens is 1. The maximum atomic E-state index is 10.1. The minimum absolute atomic E-state index is 0.323. The molecule has 0 aliphatic rings. The van der Waals surface area contributed by atoms with Crippen LogP contribution in [0, 0.1) is 0 Å². The van der Waals surface area contributed by atoms with Crippen LogP contribution in [-0.4, -0.2) is 43.0 Å². The van der Waals surface area contributed by atoms with Crippen molar-refractivity contribution in [2.75, 3.05) is 32.9 Å². The van der Waals surface area contributed by atoms with Gasteiger partial charge < -0.3 is 19.9 Å². The first kappa shape index (κ1) is 20.1. The molecule has 0 bridgehead atoms. The van der Waals surface area contributed by atoms with Crippen LogP contribution < -0.4 is 10.1 Å². The molecule has 2 unspecified atom stereocenters. The van der Waals surface area contributed by atoms with E-state index in [1.54, 1.807) is 5.38 Å². The molecule has 0 spiro atoms. The minimum Gasteiger partial charge on any atom is -0.491 e. The predicted octanol–water partition coefficient (Wildman–Crippen LogP) is 3.64. The van der Waals surface area contributed by atoms with Crippen molar-refractivity contribution < 1.29 is 14.6 Å². The number of hydrogen-bond acceptors (Lipinski definition) is 6. The maximum Gasteiger partial charge on any atom is 0.183 e. The van der Waals surface area contributed by atoms with Gasteiger partial charge in [-0.15, -0.1) is 11.3 Å². The van der Waals surface area contributed by atoms with Crippen molar-refractivity contribution in [1.29, 1.82) is 0 Å². The van der Waals surface area contributed by atoms with Crippen molar-refractivity contribution in [2.45, 2.75) is 25.9 Å². The monoisotopic (exact) mass is 384 g/mol. The fraction of sp³-hybridized carbons (Fsp3) is 0.500. The Hall–Kier alpha value is -1.18. The van der Waals surface area contributed by atoms with Crippen molar-refractivity contribution >= 4 is 22.9 Å². The van der Waals surface area contributed by atoms with Gasteiger partial charge in [-0.1, -0.05) is 30.7 Å². The van der Waals surface area contributed by atoms with E-state index in [1.807, 2.05) is 19.1 Å². The molecule has 0 aliphatic carbocycles. The van der Waals surface area contributed by atoms with Gasteiger partial charge in [0.2, 0.25) is 0 Å². The van der Waals surface area contributed by atoms with E-state index in [-0.39, 0.29) is 0 Å². The van der Waals surface area contributed by atoms with Crippen molar-refractivity contribution in [3.8, 4) is 5.75 Å². The second kappa shape index (κ2) is 10.7. The number of benzene rings is 1. The number of aliphatic hydroxyl groups excluding tert-OH is 1. The van der Waals surface area contributed by atoms with Gasteiger partial charge >= 0.3 is 0 Å². The van der Waals surface area contributed by atoms with Gasteiger partial charge in [-0.05, 0) is 30.5 Å². The average molecular weight is 385 g/mol. The van der Waals surface area contributed by atoms with Crippen molar-refractivity contribution in [2.24, 2.45) is 0 Å². The number of ether oxygens (including phenoxy) is 2. The zero-order chi connectivity index (χ0) is 18.1. The lowest BCUT2D eigenvalue weighted by Gasteiger charge is -2.15. The Morgan fingerprint density at radius 3 is 2.64 bits per heavy atom. The van der Waals surface area contributed by atoms with E-state index in [4.69, 9.17) is 21.1 Å². The van der Waals surface area contributed by atoms with Crippen molar-refractivity contribution in [1.82, 2.24) is 10.3 Å². The van der Waals surface area contributed by atoms with Crippen LogP contribution in [-0.2, 0) is 4.74 Å². The first-order valence-corrected chi connectivity index (χ1v) is 9.66. The smallest absolute Gasteiger partial charge is 0.183 e. The van der Waals surface area contributed by atoms with Gasteiger partial charge in [-0.2, -0.15) is 0 Å². The quantitative estimate of drug-likeness (QED) is 0.579. The predicted molar refractivity (Wildman–Crippen MR) is 102 cm³/mol. The molecular weight excluding hydrogens is 360 g/mol. The van der Waals surface area contributed by atoms with Gasteiger partial charge in [0.15, 0.2) is 4.47 Å². The van der Waals surface area contributed by atoms with E-state index < -0.39 is 6.10 Å². The molecule has 0 amide bonds. The third kappa shape index (κ3) is 6.92. The van der Waals surface area contributed by atoms with Crippen LogP contribution in [0.1, 0.15) is 37.1 Å². The number of nitrogens with zero attached hydrogens (tertiary/aromatic N) is 1. The molecule has 2 N–H and O–H groups in total. The SMILES string of the molecule is CCOCCOc1ccc(C(C)CNCC(O)c2csc(Cl)n2)cc1. The summed E-state index contributed by atoms with van der Waals surface area (Å²) in [6.07, 6.45) is -0.642. The molecule has 0 aliphatic heterocycles. The van der Waals surface area contributed by atoms with E-state index in [2.05, 4.69) is 29.4 Å². The molecule has 5 nitrogen and oxygen atoms in total. The summed E-state index contributed by atoms with van der Waals surface area (Å²) in [4.78, 5) is 4.08. The van der Waals surface area contributed by atoms with Gasteiger partial charge in [0.05, 0.1) is 12.3 Å². The first-order valence-electron chi connectivity index (χ1n) is 8.40. The van der Waals surface area contributed by atoms with Gasteiger partial charge in [0, 0.05) is 25.1 Å². The molecule has 1 aromatic carbocycles. The van der Waals surface area contributed by atoms with Crippen LogP contribution in [0.4, 0.5) is 0 Å². The molecule has 0 fully saturated rings. The Labute approximate surface area is 158 Å². The highest BCUT2D eigenvalue weighted by atomic mass is 35.5. The molecule has 1 heterocycles. The number of aliphatic hydroxyl groups is 1. The van der Waals surface area contributed by atoms with Crippen LogP contribution in [0.3, 0.4) is 0 Å². The summed E-state index contributed by atoms with van der Waals surface area (Å²) >= 11 is 7.11. The molecule has 138 valence electrons. The lowest BCUT2D eigenvalue weighted by molar-refractivity contribution is 0.110. The van der Waals surface area contributed by atoms with E-state index in [9.17, 15) is 5.11 Å². The Bertz CT molecular complexity index is 621. The summed E-state index contributed by atoms with van der Waals surface area (Å²) in [7, 11) is 0. The fourth-order valence-corrected chi connectivity index (χ4v) is 3.15. The summed E-state index contributed by atoms with van der Waals surface area (Å²) in [6, 6.07) is 8.09.